The lowest BCUT2D eigenvalue weighted by Crippen LogP contribution is -2.49. The molecule has 2 rings (SSSR count). The van der Waals surface area contributed by atoms with Gasteiger partial charge in [0.2, 0.25) is 5.91 Å². The summed E-state index contributed by atoms with van der Waals surface area (Å²) in [6.07, 6.45) is 1.22. The maximum absolute atomic E-state index is 12.7. The van der Waals surface area contributed by atoms with E-state index in [2.05, 4.69) is 0 Å². The molecule has 114 valence electrons. The van der Waals surface area contributed by atoms with Gasteiger partial charge in [0.1, 0.15) is 0 Å². The highest BCUT2D eigenvalue weighted by Gasteiger charge is 2.40. The number of nitrogens with two attached hydrogens (primary N) is 1. The number of carbonyl (C=O) groups is 2. The standard InChI is InChI=1S/C15H20N2O4/c1-17(12-4-2-11(3-5-12)13(18)19)14(20)15(10-16)6-8-21-9-7-15/h2-5H,6-10,16H2,1H3,(H,18,19). The van der Waals surface area contributed by atoms with Gasteiger partial charge in [0.15, 0.2) is 0 Å². The largest absolute Gasteiger partial charge is 0.478 e. The fourth-order valence-electron chi connectivity index (χ4n) is 2.57. The van der Waals surface area contributed by atoms with Crippen molar-refractivity contribution in [3.05, 3.63) is 29.8 Å². The summed E-state index contributed by atoms with van der Waals surface area (Å²) in [6, 6.07) is 6.23. The van der Waals surface area contributed by atoms with Gasteiger partial charge in [-0.3, -0.25) is 4.79 Å². The molecule has 0 unspecified atom stereocenters. The molecule has 1 aliphatic heterocycles. The van der Waals surface area contributed by atoms with E-state index in [1.54, 1.807) is 24.1 Å². The first-order valence-corrected chi connectivity index (χ1v) is 6.89. The summed E-state index contributed by atoms with van der Waals surface area (Å²) < 4.78 is 5.31. The molecule has 6 nitrogen and oxygen atoms in total. The lowest BCUT2D eigenvalue weighted by Gasteiger charge is -2.37. The summed E-state index contributed by atoms with van der Waals surface area (Å²) in [4.78, 5) is 25.1. The number of benzene rings is 1. The molecule has 0 saturated carbocycles. The van der Waals surface area contributed by atoms with Crippen molar-refractivity contribution in [1.82, 2.24) is 0 Å². The average molecular weight is 292 g/mol. The van der Waals surface area contributed by atoms with E-state index < -0.39 is 11.4 Å². The molecule has 0 bridgehead atoms. The fourth-order valence-corrected chi connectivity index (χ4v) is 2.57. The Morgan fingerprint density at radius 3 is 2.33 bits per heavy atom. The third-order valence-electron chi connectivity index (χ3n) is 4.10. The van der Waals surface area contributed by atoms with Gasteiger partial charge in [-0.1, -0.05) is 0 Å². The van der Waals surface area contributed by atoms with Crippen LogP contribution in [0, 0.1) is 5.41 Å². The molecule has 1 saturated heterocycles. The van der Waals surface area contributed by atoms with Gasteiger partial charge in [0, 0.05) is 32.5 Å². The van der Waals surface area contributed by atoms with E-state index in [1.807, 2.05) is 0 Å². The monoisotopic (exact) mass is 292 g/mol. The smallest absolute Gasteiger partial charge is 0.335 e. The Bertz CT molecular complexity index is 521. The van der Waals surface area contributed by atoms with Gasteiger partial charge in [-0.15, -0.1) is 0 Å². The zero-order chi connectivity index (χ0) is 15.5. The van der Waals surface area contributed by atoms with Crippen LogP contribution in [0.3, 0.4) is 0 Å². The van der Waals surface area contributed by atoms with Crippen LogP contribution in [-0.4, -0.2) is 43.8 Å². The summed E-state index contributed by atoms with van der Waals surface area (Å²) in [5.41, 5.74) is 6.10. The third-order valence-corrected chi connectivity index (χ3v) is 4.10. The summed E-state index contributed by atoms with van der Waals surface area (Å²) in [6.45, 7) is 1.36. The highest BCUT2D eigenvalue weighted by atomic mass is 16.5. The Morgan fingerprint density at radius 2 is 1.86 bits per heavy atom. The number of ether oxygens (including phenoxy) is 1. The number of anilines is 1. The van der Waals surface area contributed by atoms with Crippen molar-refractivity contribution in [2.24, 2.45) is 11.1 Å². The Kier molecular flexibility index (Phi) is 4.59. The minimum absolute atomic E-state index is 0.0450. The van der Waals surface area contributed by atoms with E-state index in [1.165, 1.54) is 12.1 Å². The van der Waals surface area contributed by atoms with Crippen molar-refractivity contribution in [1.29, 1.82) is 0 Å². The quantitative estimate of drug-likeness (QED) is 0.867. The van der Waals surface area contributed by atoms with Gasteiger partial charge >= 0.3 is 5.97 Å². The summed E-state index contributed by atoms with van der Waals surface area (Å²) >= 11 is 0. The van der Waals surface area contributed by atoms with Gasteiger partial charge in [0.05, 0.1) is 11.0 Å². The second kappa shape index (κ2) is 6.24. The third kappa shape index (κ3) is 3.06. The van der Waals surface area contributed by atoms with Crippen molar-refractivity contribution in [3.63, 3.8) is 0 Å². The molecule has 1 aliphatic rings. The molecule has 0 radical (unpaired) electrons. The second-order valence-corrected chi connectivity index (χ2v) is 5.31. The molecule has 6 heteroatoms. The number of rotatable bonds is 4. The van der Waals surface area contributed by atoms with E-state index in [0.29, 0.717) is 31.7 Å². The molecular formula is C15H20N2O4. The fraction of sp³-hybridized carbons (Fsp3) is 0.467. The second-order valence-electron chi connectivity index (χ2n) is 5.31. The highest BCUT2D eigenvalue weighted by Crippen LogP contribution is 2.32. The first kappa shape index (κ1) is 15.5. The Morgan fingerprint density at radius 1 is 1.29 bits per heavy atom. The number of carboxylic acid groups (broad SMARTS) is 1. The number of hydrogen-bond acceptors (Lipinski definition) is 4. The number of hydrogen-bond donors (Lipinski definition) is 2. The molecule has 1 aromatic carbocycles. The first-order chi connectivity index (χ1) is 10.00. The molecule has 1 aromatic rings. The predicted molar refractivity (Wildman–Crippen MR) is 78.4 cm³/mol. The molecular weight excluding hydrogens is 272 g/mol. The molecule has 1 fully saturated rings. The van der Waals surface area contributed by atoms with Crippen molar-refractivity contribution in [2.75, 3.05) is 31.7 Å². The van der Waals surface area contributed by atoms with Crippen molar-refractivity contribution >= 4 is 17.6 Å². The van der Waals surface area contributed by atoms with Crippen LogP contribution >= 0.6 is 0 Å². The maximum Gasteiger partial charge on any atom is 0.335 e. The van der Waals surface area contributed by atoms with Gasteiger partial charge in [-0.25, -0.2) is 4.79 Å². The predicted octanol–water partition coefficient (Wildman–Crippen LogP) is 1.10. The Hall–Kier alpha value is -1.92. The van der Waals surface area contributed by atoms with Crippen molar-refractivity contribution < 1.29 is 19.4 Å². The van der Waals surface area contributed by atoms with Gasteiger partial charge in [-0.2, -0.15) is 0 Å². The van der Waals surface area contributed by atoms with Crippen LogP contribution in [0.5, 0.6) is 0 Å². The van der Waals surface area contributed by atoms with Crippen LogP contribution in [0.25, 0.3) is 0 Å². The van der Waals surface area contributed by atoms with Crippen molar-refractivity contribution in [2.45, 2.75) is 12.8 Å². The van der Waals surface area contributed by atoms with E-state index in [-0.39, 0.29) is 18.0 Å². The number of carboxylic acids is 1. The van der Waals surface area contributed by atoms with Crippen LogP contribution in [0.1, 0.15) is 23.2 Å². The minimum Gasteiger partial charge on any atom is -0.478 e. The Balaban J connectivity index is 2.19. The van der Waals surface area contributed by atoms with Crippen LogP contribution < -0.4 is 10.6 Å². The SMILES string of the molecule is CN(C(=O)C1(CN)CCOCC1)c1ccc(C(=O)O)cc1. The molecule has 3 N–H and O–H groups in total. The molecule has 0 aromatic heterocycles. The zero-order valence-electron chi connectivity index (χ0n) is 12.0. The zero-order valence-corrected chi connectivity index (χ0v) is 12.0. The summed E-state index contributed by atoms with van der Waals surface area (Å²) in [5.74, 6) is -1.03. The molecule has 1 amide bonds. The minimum atomic E-state index is -0.988. The Labute approximate surface area is 123 Å². The topological polar surface area (TPSA) is 92.9 Å². The first-order valence-electron chi connectivity index (χ1n) is 6.89. The van der Waals surface area contributed by atoms with Crippen LogP contribution in [0.15, 0.2) is 24.3 Å². The summed E-state index contributed by atoms with van der Waals surface area (Å²) in [5, 5.41) is 8.90. The highest BCUT2D eigenvalue weighted by molar-refractivity contribution is 5.98. The van der Waals surface area contributed by atoms with E-state index in [4.69, 9.17) is 15.6 Å². The van der Waals surface area contributed by atoms with Gasteiger partial charge in [0.25, 0.3) is 0 Å². The van der Waals surface area contributed by atoms with E-state index in [0.717, 1.165) is 0 Å². The molecule has 0 atom stereocenters. The van der Waals surface area contributed by atoms with Crippen molar-refractivity contribution in [3.8, 4) is 0 Å². The van der Waals surface area contributed by atoms with Gasteiger partial charge < -0.3 is 20.5 Å². The molecule has 0 aliphatic carbocycles. The maximum atomic E-state index is 12.7. The van der Waals surface area contributed by atoms with Crippen LogP contribution in [-0.2, 0) is 9.53 Å². The average Bonchev–Trinajstić information content (AvgIpc) is 2.54. The van der Waals surface area contributed by atoms with E-state index in [9.17, 15) is 9.59 Å². The van der Waals surface area contributed by atoms with Gasteiger partial charge in [-0.05, 0) is 37.1 Å². The molecule has 21 heavy (non-hydrogen) atoms. The number of aromatic carboxylic acids is 1. The lowest BCUT2D eigenvalue weighted by molar-refractivity contribution is -0.132. The number of carbonyl (C=O) groups excluding carboxylic acids is 1. The normalized spacial score (nSPS) is 17.2. The van der Waals surface area contributed by atoms with Crippen LogP contribution in [0.2, 0.25) is 0 Å². The van der Waals surface area contributed by atoms with Crippen LogP contribution in [0.4, 0.5) is 5.69 Å². The summed E-state index contributed by atoms with van der Waals surface area (Å²) in [7, 11) is 1.69. The molecule has 0 spiro atoms. The number of amides is 1. The molecule has 1 heterocycles. The van der Waals surface area contributed by atoms with E-state index >= 15 is 0 Å². The number of nitrogens with zero attached hydrogens (tertiary/aromatic N) is 1. The lowest BCUT2D eigenvalue weighted by atomic mass is 9.79.